The number of hydrogen-bond acceptors (Lipinski definition) is 8. The van der Waals surface area contributed by atoms with Crippen LogP contribution in [0.3, 0.4) is 0 Å². The number of carboxylic acid groups (broad SMARTS) is 2. The molecule has 0 heterocycles. The Kier molecular flexibility index (Phi) is 107. The molecule has 2 atom stereocenters. The number of aromatic carboxylic acids is 2. The maximum absolute atomic E-state index is 10.1. The summed E-state index contributed by atoms with van der Waals surface area (Å²) in [5.41, 5.74) is 0.440. The van der Waals surface area contributed by atoms with E-state index in [2.05, 4.69) is 0 Å². The van der Waals surface area contributed by atoms with E-state index in [1.807, 2.05) is 0 Å². The van der Waals surface area contributed by atoms with E-state index in [-0.39, 0.29) is 243 Å². The van der Waals surface area contributed by atoms with Gasteiger partial charge in [0.15, 0.2) is 0 Å². The van der Waals surface area contributed by atoms with Gasteiger partial charge in [-0.2, -0.15) is 0 Å². The zero-order valence-corrected chi connectivity index (χ0v) is 37.7. The van der Waals surface area contributed by atoms with E-state index in [0.29, 0.717) is 0 Å². The molecule has 0 saturated heterocycles. The molecule has 35 heavy (non-hydrogen) atoms. The molecule has 2 aromatic rings. The molecule has 2 unspecified atom stereocenters. The molecular weight excluding hydrogens is 624 g/mol. The minimum atomic E-state index is -2.86. The van der Waals surface area contributed by atoms with Gasteiger partial charge in [0.05, 0.1) is 34.7 Å². The van der Waals surface area contributed by atoms with Gasteiger partial charge >= 0.3 is 207 Å². The van der Waals surface area contributed by atoms with Gasteiger partial charge < -0.3 is 62.8 Å². The zero-order valence-electron chi connectivity index (χ0n) is 20.5. The standard InChI is InChI=1S/2C7H6O2.2ClH.7Na.2H2O3S/c2*8-7(9)6-4-2-1-3-5-6;;;;;;;;;;2*1-4(2)3/h2*1-5H,(H,8,9);2*1H;;;;;;;;2*(H2,1,2,3)/q;;;;7*+1;;/p-6. The van der Waals surface area contributed by atoms with Crippen LogP contribution in [0.15, 0.2) is 60.7 Å². The third-order valence-electron chi connectivity index (χ3n) is 2.02. The molecule has 2 N–H and O–H groups in total. The molecule has 0 aliphatic heterocycles. The fourth-order valence-corrected chi connectivity index (χ4v) is 1.15. The number of rotatable bonds is 2. The Morgan fingerprint density at radius 3 is 0.771 bits per heavy atom. The average Bonchev–Trinajstić information content (AvgIpc) is 2.56. The molecule has 0 aliphatic rings. The molecule has 0 radical (unpaired) electrons. The average molecular weight is 636 g/mol. The Balaban J connectivity index is -0.0000000236. The topological polar surface area (TPSA) is 201 Å². The van der Waals surface area contributed by atoms with Gasteiger partial charge in [0, 0.05) is 0 Å². The SMILES string of the molecule is O=C([O-])c1ccccc1.O=C([O-])c1ccccc1.O=S([O-])O.O=S([O-])O.[Cl-].[Cl-].[Na+].[Na+].[Na+].[Na+].[Na+].[Na+].[Na+]. The number of carbonyl (C=O) groups excluding carboxylic acids is 2. The summed E-state index contributed by atoms with van der Waals surface area (Å²) in [7, 11) is 0. The van der Waals surface area contributed by atoms with Gasteiger partial charge in [0.1, 0.15) is 0 Å². The molecule has 0 aromatic heterocycles. The Morgan fingerprint density at radius 1 is 0.543 bits per heavy atom. The molecule has 0 fully saturated rings. The van der Waals surface area contributed by atoms with Crippen molar-refractivity contribution in [2.24, 2.45) is 0 Å². The van der Waals surface area contributed by atoms with Crippen molar-refractivity contribution < 1.29 is 278 Å². The summed E-state index contributed by atoms with van der Waals surface area (Å²) >= 11 is -5.72. The minimum absolute atomic E-state index is 0. The van der Waals surface area contributed by atoms with E-state index >= 15 is 0 Å². The molecule has 2 aromatic carbocycles. The quantitative estimate of drug-likeness (QED) is 0.236. The van der Waals surface area contributed by atoms with Crippen LogP contribution in [0.2, 0.25) is 0 Å². The van der Waals surface area contributed by atoms with Crippen LogP contribution < -0.4 is 242 Å². The van der Waals surface area contributed by atoms with E-state index in [9.17, 15) is 19.8 Å². The van der Waals surface area contributed by atoms with E-state index < -0.39 is 34.7 Å². The maximum Gasteiger partial charge on any atom is 1.00 e. The predicted molar refractivity (Wildman–Crippen MR) is 84.6 cm³/mol. The van der Waals surface area contributed by atoms with Gasteiger partial charge in [-0.3, -0.25) is 0 Å². The Bertz CT molecular complexity index is 658. The molecular formula is C14H12Cl2Na7O10S2+. The molecule has 0 aliphatic carbocycles. The Labute approximate surface area is 376 Å². The van der Waals surface area contributed by atoms with Crippen LogP contribution in [-0.4, -0.2) is 38.6 Å². The van der Waals surface area contributed by atoms with Gasteiger partial charge in [-0.1, -0.05) is 60.7 Å². The van der Waals surface area contributed by atoms with E-state index in [0.717, 1.165) is 0 Å². The third kappa shape index (κ3) is 63.6. The maximum atomic E-state index is 10.1. The van der Waals surface area contributed by atoms with Crippen molar-refractivity contribution in [1.82, 2.24) is 0 Å². The second-order valence-corrected chi connectivity index (χ2v) is 4.61. The molecule has 0 bridgehead atoms. The van der Waals surface area contributed by atoms with Crippen molar-refractivity contribution in [2.45, 2.75) is 0 Å². The second kappa shape index (κ2) is 51.8. The first kappa shape index (κ1) is 72.4. The van der Waals surface area contributed by atoms with E-state index in [1.54, 1.807) is 36.4 Å². The van der Waals surface area contributed by atoms with Gasteiger partial charge in [-0.15, -0.1) is 0 Å². The third-order valence-corrected chi connectivity index (χ3v) is 2.02. The molecule has 0 amide bonds. The van der Waals surface area contributed by atoms with Crippen LogP contribution in [0, 0.1) is 0 Å². The van der Waals surface area contributed by atoms with Crippen molar-refractivity contribution in [3.05, 3.63) is 71.8 Å². The number of benzene rings is 2. The van der Waals surface area contributed by atoms with Gasteiger partial charge in [-0.05, 0) is 11.1 Å². The number of hydrogen-bond donors (Lipinski definition) is 2. The molecule has 21 heteroatoms. The minimum Gasteiger partial charge on any atom is -1.00 e. The Hall–Kier alpha value is 5.10. The summed E-state index contributed by atoms with van der Waals surface area (Å²) in [5, 5.41) is 20.2. The van der Waals surface area contributed by atoms with Gasteiger partial charge in [-0.25, -0.2) is 8.42 Å². The number of carboxylic acids is 2. The van der Waals surface area contributed by atoms with Crippen molar-refractivity contribution in [3.63, 3.8) is 0 Å². The van der Waals surface area contributed by atoms with Crippen LogP contribution in [-0.2, 0) is 22.7 Å². The van der Waals surface area contributed by atoms with Gasteiger partial charge in [0.25, 0.3) is 0 Å². The van der Waals surface area contributed by atoms with E-state index in [4.69, 9.17) is 26.6 Å². The predicted octanol–water partition coefficient (Wildman–Crippen LogP) is -28.2. The normalized spacial score (nSPS) is 8.11. The fourth-order valence-electron chi connectivity index (χ4n) is 1.15. The summed E-state index contributed by atoms with van der Waals surface area (Å²) < 4.78 is 48.2. The largest absolute Gasteiger partial charge is 1.00 e. The van der Waals surface area contributed by atoms with Gasteiger partial charge in [0.2, 0.25) is 0 Å². The summed E-state index contributed by atoms with van der Waals surface area (Å²) in [6, 6.07) is 16.1. The number of halogens is 2. The summed E-state index contributed by atoms with van der Waals surface area (Å²) in [4.78, 5) is 20.2. The van der Waals surface area contributed by atoms with Crippen molar-refractivity contribution in [3.8, 4) is 0 Å². The first-order valence-corrected chi connectivity index (χ1v) is 8.23. The fraction of sp³-hybridized carbons (Fsp3) is 0. The van der Waals surface area contributed by atoms with E-state index in [1.165, 1.54) is 24.3 Å². The summed E-state index contributed by atoms with van der Waals surface area (Å²) in [5.74, 6) is -2.26. The van der Waals surface area contributed by atoms with Crippen LogP contribution in [0.5, 0.6) is 0 Å². The Morgan fingerprint density at radius 2 is 0.686 bits per heavy atom. The molecule has 0 spiro atoms. The summed E-state index contributed by atoms with van der Waals surface area (Å²) in [6.07, 6.45) is 0. The summed E-state index contributed by atoms with van der Waals surface area (Å²) in [6.45, 7) is 0. The van der Waals surface area contributed by atoms with Crippen LogP contribution in [0.25, 0.3) is 0 Å². The van der Waals surface area contributed by atoms with Crippen LogP contribution in [0.4, 0.5) is 0 Å². The molecule has 0 saturated carbocycles. The molecule has 160 valence electrons. The first-order chi connectivity index (χ1) is 12.1. The molecule has 2 rings (SSSR count). The monoisotopic (exact) mass is 635 g/mol. The van der Waals surface area contributed by atoms with Crippen LogP contribution >= 0.6 is 0 Å². The first-order valence-electron chi connectivity index (χ1n) is 6.17. The zero-order chi connectivity index (χ0) is 20.5. The van der Waals surface area contributed by atoms with Crippen molar-refractivity contribution >= 4 is 34.7 Å². The number of carbonyl (C=O) groups is 2. The van der Waals surface area contributed by atoms with Crippen molar-refractivity contribution in [2.75, 3.05) is 0 Å². The molecule has 10 nitrogen and oxygen atoms in total. The smallest absolute Gasteiger partial charge is 1.00 e. The second-order valence-electron chi connectivity index (χ2n) is 3.74. The van der Waals surface area contributed by atoms with Crippen molar-refractivity contribution in [1.29, 1.82) is 0 Å². The van der Waals surface area contributed by atoms with Crippen LogP contribution in [0.1, 0.15) is 20.7 Å².